The van der Waals surface area contributed by atoms with Crippen molar-refractivity contribution >= 4 is 23.2 Å². The monoisotopic (exact) mass is 277 g/mol. The number of carbonyl (C=O) groups is 2. The van der Waals surface area contributed by atoms with Crippen LogP contribution < -0.4 is 11.1 Å². The second-order valence-corrected chi connectivity index (χ2v) is 5.77. The van der Waals surface area contributed by atoms with E-state index in [0.29, 0.717) is 17.9 Å². The third-order valence-corrected chi connectivity index (χ3v) is 3.02. The number of carbonyl (C=O) groups excluding carboxylic acids is 2. The normalized spacial score (nSPS) is 11.1. The first-order valence-electron chi connectivity index (χ1n) is 6.66. The summed E-state index contributed by atoms with van der Waals surface area (Å²) in [5.74, 6) is -1.22. The zero-order chi connectivity index (χ0) is 15.5. The second-order valence-electron chi connectivity index (χ2n) is 5.77. The van der Waals surface area contributed by atoms with Gasteiger partial charge in [-0.05, 0) is 52.3 Å². The molecule has 0 unspecified atom stereocenters. The number of amides is 2. The molecule has 110 valence electrons. The lowest BCUT2D eigenvalue weighted by molar-refractivity contribution is -0.146. The van der Waals surface area contributed by atoms with Gasteiger partial charge >= 0.3 is 11.8 Å². The van der Waals surface area contributed by atoms with Gasteiger partial charge in [0.2, 0.25) is 0 Å². The molecule has 1 aromatic rings. The quantitative estimate of drug-likeness (QED) is 0.642. The van der Waals surface area contributed by atoms with E-state index in [1.54, 1.807) is 12.1 Å². The van der Waals surface area contributed by atoms with Crippen molar-refractivity contribution in [3.8, 4) is 0 Å². The minimum Gasteiger partial charge on any atom is -0.397 e. The highest BCUT2D eigenvalue weighted by molar-refractivity contribution is 6.40. The van der Waals surface area contributed by atoms with E-state index in [1.165, 1.54) is 4.90 Å². The van der Waals surface area contributed by atoms with Crippen LogP contribution in [-0.4, -0.2) is 28.8 Å². The number of nitrogens with one attached hydrogen (secondary N) is 1. The highest BCUT2D eigenvalue weighted by Crippen LogP contribution is 2.20. The summed E-state index contributed by atoms with van der Waals surface area (Å²) in [5.41, 5.74) is 7.33. The summed E-state index contributed by atoms with van der Waals surface area (Å²) in [6, 6.07) is 5.28. The Hall–Kier alpha value is -2.04. The molecule has 0 saturated carbocycles. The zero-order valence-corrected chi connectivity index (χ0v) is 12.8. The SMILES string of the molecule is CCN(C(=O)C(=O)Nc1ccc(C)cc1N)C(C)(C)C. The van der Waals surface area contributed by atoms with Gasteiger partial charge in [0.15, 0.2) is 0 Å². The first-order valence-corrected chi connectivity index (χ1v) is 6.66. The van der Waals surface area contributed by atoms with Crippen LogP contribution in [0.5, 0.6) is 0 Å². The molecule has 0 radical (unpaired) electrons. The van der Waals surface area contributed by atoms with Crippen molar-refractivity contribution in [1.82, 2.24) is 4.90 Å². The number of anilines is 2. The molecule has 0 spiro atoms. The van der Waals surface area contributed by atoms with E-state index in [-0.39, 0.29) is 0 Å². The van der Waals surface area contributed by atoms with Crippen LogP contribution in [0.15, 0.2) is 18.2 Å². The Morgan fingerprint density at radius 3 is 2.35 bits per heavy atom. The van der Waals surface area contributed by atoms with Gasteiger partial charge < -0.3 is 16.0 Å². The van der Waals surface area contributed by atoms with E-state index in [4.69, 9.17) is 5.73 Å². The van der Waals surface area contributed by atoms with Crippen molar-refractivity contribution in [2.24, 2.45) is 0 Å². The molecular formula is C15H23N3O2. The van der Waals surface area contributed by atoms with E-state index < -0.39 is 17.4 Å². The van der Waals surface area contributed by atoms with Crippen LogP contribution in [0.4, 0.5) is 11.4 Å². The third kappa shape index (κ3) is 3.73. The van der Waals surface area contributed by atoms with Crippen LogP contribution >= 0.6 is 0 Å². The molecule has 2 amide bonds. The number of benzene rings is 1. The molecular weight excluding hydrogens is 254 g/mol. The predicted octanol–water partition coefficient (Wildman–Crippen LogP) is 2.16. The van der Waals surface area contributed by atoms with Crippen LogP contribution in [0.25, 0.3) is 0 Å². The van der Waals surface area contributed by atoms with Crippen molar-refractivity contribution in [2.75, 3.05) is 17.6 Å². The van der Waals surface area contributed by atoms with Crippen molar-refractivity contribution in [2.45, 2.75) is 40.2 Å². The molecule has 0 aliphatic carbocycles. The van der Waals surface area contributed by atoms with Crippen LogP contribution in [0.1, 0.15) is 33.3 Å². The molecule has 0 saturated heterocycles. The average molecular weight is 277 g/mol. The Labute approximate surface area is 120 Å². The molecule has 0 bridgehead atoms. The van der Waals surface area contributed by atoms with E-state index in [1.807, 2.05) is 40.7 Å². The minimum absolute atomic E-state index is 0.401. The Balaban J connectivity index is 2.88. The first kappa shape index (κ1) is 16.0. The van der Waals surface area contributed by atoms with E-state index >= 15 is 0 Å². The Kier molecular flexibility index (Phi) is 4.76. The number of rotatable bonds is 2. The minimum atomic E-state index is -0.669. The molecule has 0 heterocycles. The van der Waals surface area contributed by atoms with Gasteiger partial charge in [-0.2, -0.15) is 0 Å². The predicted molar refractivity (Wildman–Crippen MR) is 81.4 cm³/mol. The summed E-state index contributed by atoms with van der Waals surface area (Å²) in [5, 5.41) is 2.57. The first-order chi connectivity index (χ1) is 9.16. The summed E-state index contributed by atoms with van der Waals surface area (Å²) in [6.45, 7) is 9.90. The highest BCUT2D eigenvalue weighted by atomic mass is 16.2. The maximum atomic E-state index is 12.2. The molecule has 0 aliphatic rings. The molecule has 5 heteroatoms. The standard InChI is InChI=1S/C15H23N3O2/c1-6-18(15(3,4)5)14(20)13(19)17-12-8-7-10(2)9-11(12)16/h7-9H,6,16H2,1-5H3,(H,17,19). The number of likely N-dealkylation sites (N-methyl/N-ethyl adjacent to an activating group) is 1. The number of hydrogen-bond donors (Lipinski definition) is 2. The Morgan fingerprint density at radius 1 is 1.30 bits per heavy atom. The molecule has 0 fully saturated rings. The molecule has 5 nitrogen and oxygen atoms in total. The van der Waals surface area contributed by atoms with Crippen LogP contribution in [0.2, 0.25) is 0 Å². The van der Waals surface area contributed by atoms with Gasteiger partial charge in [0.25, 0.3) is 0 Å². The van der Waals surface area contributed by atoms with Crippen molar-refractivity contribution in [3.05, 3.63) is 23.8 Å². The maximum absolute atomic E-state index is 12.2. The smallest absolute Gasteiger partial charge is 0.313 e. The molecule has 3 N–H and O–H groups in total. The second kappa shape index (κ2) is 5.94. The molecule has 1 aromatic carbocycles. The van der Waals surface area contributed by atoms with Gasteiger partial charge in [0.05, 0.1) is 11.4 Å². The number of aryl methyl sites for hydroxylation is 1. The highest BCUT2D eigenvalue weighted by Gasteiger charge is 2.29. The number of hydrogen-bond acceptors (Lipinski definition) is 3. The van der Waals surface area contributed by atoms with Gasteiger partial charge in [0.1, 0.15) is 0 Å². The van der Waals surface area contributed by atoms with Crippen molar-refractivity contribution in [1.29, 1.82) is 0 Å². The molecule has 0 aromatic heterocycles. The summed E-state index contributed by atoms with van der Waals surface area (Å²) >= 11 is 0. The fraction of sp³-hybridized carbons (Fsp3) is 0.467. The van der Waals surface area contributed by atoms with E-state index in [0.717, 1.165) is 5.56 Å². The fourth-order valence-corrected chi connectivity index (χ4v) is 2.02. The zero-order valence-electron chi connectivity index (χ0n) is 12.8. The number of nitrogens with two attached hydrogens (primary N) is 1. The van der Waals surface area contributed by atoms with Crippen molar-refractivity contribution in [3.63, 3.8) is 0 Å². The summed E-state index contributed by atoms with van der Waals surface area (Å²) in [6.07, 6.45) is 0. The number of nitrogen functional groups attached to an aromatic ring is 1. The average Bonchev–Trinajstić information content (AvgIpc) is 2.31. The maximum Gasteiger partial charge on any atom is 0.313 e. The van der Waals surface area contributed by atoms with Crippen LogP contribution in [-0.2, 0) is 9.59 Å². The summed E-state index contributed by atoms with van der Waals surface area (Å²) < 4.78 is 0. The largest absolute Gasteiger partial charge is 0.397 e. The topological polar surface area (TPSA) is 75.4 Å². The lowest BCUT2D eigenvalue weighted by Gasteiger charge is -2.34. The van der Waals surface area contributed by atoms with Gasteiger partial charge in [0, 0.05) is 12.1 Å². The van der Waals surface area contributed by atoms with E-state index in [9.17, 15) is 9.59 Å². The van der Waals surface area contributed by atoms with Crippen LogP contribution in [0, 0.1) is 6.92 Å². The molecule has 1 rings (SSSR count). The van der Waals surface area contributed by atoms with E-state index in [2.05, 4.69) is 5.32 Å². The fourth-order valence-electron chi connectivity index (χ4n) is 2.02. The lowest BCUT2D eigenvalue weighted by atomic mass is 10.1. The number of nitrogens with zero attached hydrogens (tertiary/aromatic N) is 1. The van der Waals surface area contributed by atoms with Gasteiger partial charge in [-0.25, -0.2) is 0 Å². The molecule has 20 heavy (non-hydrogen) atoms. The van der Waals surface area contributed by atoms with Gasteiger partial charge in [-0.3, -0.25) is 9.59 Å². The molecule has 0 atom stereocenters. The van der Waals surface area contributed by atoms with Gasteiger partial charge in [-0.15, -0.1) is 0 Å². The Morgan fingerprint density at radius 2 is 1.90 bits per heavy atom. The van der Waals surface area contributed by atoms with Crippen molar-refractivity contribution < 1.29 is 9.59 Å². The third-order valence-electron chi connectivity index (χ3n) is 3.02. The Bertz CT molecular complexity index is 518. The lowest BCUT2D eigenvalue weighted by Crippen LogP contribution is -2.49. The van der Waals surface area contributed by atoms with Gasteiger partial charge in [-0.1, -0.05) is 6.07 Å². The van der Waals surface area contributed by atoms with Crippen LogP contribution in [0.3, 0.4) is 0 Å². The summed E-state index contributed by atoms with van der Waals surface area (Å²) in [4.78, 5) is 25.7. The summed E-state index contributed by atoms with van der Waals surface area (Å²) in [7, 11) is 0. The molecule has 0 aliphatic heterocycles.